The fourth-order valence-corrected chi connectivity index (χ4v) is 3.02. The zero-order valence-electron chi connectivity index (χ0n) is 11.9. The van der Waals surface area contributed by atoms with E-state index in [0.717, 1.165) is 20.2 Å². The van der Waals surface area contributed by atoms with E-state index >= 15 is 0 Å². The molecular weight excluding hydrogens is 421 g/mol. The molecule has 4 nitrogen and oxygen atoms in total. The molecule has 2 N–H and O–H groups in total. The second-order valence-corrected chi connectivity index (χ2v) is 6.33. The van der Waals surface area contributed by atoms with Crippen LogP contribution in [-0.4, -0.2) is 16.0 Å². The van der Waals surface area contributed by atoms with Crippen LogP contribution in [0.25, 0.3) is 10.9 Å². The molecule has 0 unspecified atom stereocenters. The number of hydrogen-bond acceptors (Lipinski definition) is 3. The van der Waals surface area contributed by atoms with E-state index in [0.29, 0.717) is 5.56 Å². The Morgan fingerprint density at radius 2 is 1.87 bits per heavy atom. The van der Waals surface area contributed by atoms with Gasteiger partial charge in [0.2, 0.25) is 0 Å². The highest BCUT2D eigenvalue weighted by molar-refractivity contribution is 14.1. The molecular formula is C17H12IN3OS. The third kappa shape index (κ3) is 3.65. The van der Waals surface area contributed by atoms with Crippen LogP contribution < -0.4 is 10.6 Å². The van der Waals surface area contributed by atoms with Crippen molar-refractivity contribution in [3.05, 3.63) is 69.9 Å². The minimum Gasteiger partial charge on any atom is -0.332 e. The van der Waals surface area contributed by atoms with Gasteiger partial charge in [-0.1, -0.05) is 18.2 Å². The van der Waals surface area contributed by atoms with Crippen molar-refractivity contribution in [1.82, 2.24) is 10.3 Å². The maximum absolute atomic E-state index is 12.3. The summed E-state index contributed by atoms with van der Waals surface area (Å²) in [7, 11) is 0. The summed E-state index contributed by atoms with van der Waals surface area (Å²) in [5, 5.41) is 6.97. The summed E-state index contributed by atoms with van der Waals surface area (Å²) in [4.78, 5) is 16.6. The van der Waals surface area contributed by atoms with Gasteiger partial charge in [-0.2, -0.15) is 0 Å². The molecule has 0 fully saturated rings. The Morgan fingerprint density at radius 1 is 1.04 bits per heavy atom. The van der Waals surface area contributed by atoms with Crippen LogP contribution in [0, 0.1) is 3.57 Å². The van der Waals surface area contributed by atoms with Gasteiger partial charge in [-0.15, -0.1) is 0 Å². The van der Waals surface area contributed by atoms with Gasteiger partial charge < -0.3 is 5.32 Å². The van der Waals surface area contributed by atoms with Gasteiger partial charge in [0, 0.05) is 20.8 Å². The molecule has 0 aliphatic heterocycles. The Kier molecular flexibility index (Phi) is 4.82. The van der Waals surface area contributed by atoms with Gasteiger partial charge in [0.1, 0.15) is 0 Å². The number of carbonyl (C=O) groups excluding carboxylic acids is 1. The molecule has 2 aromatic carbocycles. The lowest BCUT2D eigenvalue weighted by atomic mass is 10.2. The number of halogens is 1. The average molecular weight is 433 g/mol. The number of anilines is 1. The molecule has 6 heteroatoms. The number of benzene rings is 2. The molecule has 0 aliphatic carbocycles. The quantitative estimate of drug-likeness (QED) is 0.475. The van der Waals surface area contributed by atoms with E-state index in [1.54, 1.807) is 12.3 Å². The van der Waals surface area contributed by atoms with Crippen molar-refractivity contribution in [2.75, 3.05) is 5.32 Å². The molecule has 0 atom stereocenters. The van der Waals surface area contributed by atoms with Crippen molar-refractivity contribution in [2.24, 2.45) is 0 Å². The van der Waals surface area contributed by atoms with E-state index in [-0.39, 0.29) is 11.0 Å². The van der Waals surface area contributed by atoms with E-state index < -0.39 is 0 Å². The molecule has 0 aliphatic rings. The normalized spacial score (nSPS) is 10.3. The maximum atomic E-state index is 12.3. The van der Waals surface area contributed by atoms with Crippen LogP contribution in [0.4, 0.5) is 5.69 Å². The van der Waals surface area contributed by atoms with Gasteiger partial charge >= 0.3 is 0 Å². The summed E-state index contributed by atoms with van der Waals surface area (Å²) in [5.41, 5.74) is 2.27. The van der Waals surface area contributed by atoms with E-state index in [9.17, 15) is 4.79 Å². The number of carbonyl (C=O) groups is 1. The lowest BCUT2D eigenvalue weighted by Gasteiger charge is -2.12. The summed E-state index contributed by atoms with van der Waals surface area (Å²) in [6.07, 6.45) is 1.74. The fourth-order valence-electron chi connectivity index (χ4n) is 2.18. The molecule has 1 heterocycles. The number of nitrogens with one attached hydrogen (secondary N) is 2. The summed E-state index contributed by atoms with van der Waals surface area (Å²) in [5.74, 6) is -0.231. The first-order chi connectivity index (χ1) is 11.1. The van der Waals surface area contributed by atoms with Crippen LogP contribution in [0.1, 0.15) is 10.4 Å². The molecule has 0 bridgehead atoms. The van der Waals surface area contributed by atoms with Crippen molar-refractivity contribution >= 4 is 62.4 Å². The van der Waals surface area contributed by atoms with Crippen molar-refractivity contribution in [3.63, 3.8) is 0 Å². The predicted molar refractivity (Wildman–Crippen MR) is 105 cm³/mol. The molecule has 0 saturated carbocycles. The third-order valence-electron chi connectivity index (χ3n) is 3.24. The molecule has 0 saturated heterocycles. The lowest BCUT2D eigenvalue weighted by molar-refractivity contribution is 0.0977. The minimum atomic E-state index is -0.231. The van der Waals surface area contributed by atoms with Crippen molar-refractivity contribution in [1.29, 1.82) is 0 Å². The van der Waals surface area contributed by atoms with Crippen LogP contribution in [0.2, 0.25) is 0 Å². The number of fused-ring (bicyclic) bond motifs is 1. The van der Waals surface area contributed by atoms with Gasteiger partial charge in [0.15, 0.2) is 5.11 Å². The van der Waals surface area contributed by atoms with Gasteiger partial charge in [0.25, 0.3) is 5.91 Å². The zero-order chi connectivity index (χ0) is 16.2. The molecule has 0 radical (unpaired) electrons. The van der Waals surface area contributed by atoms with E-state index in [1.165, 1.54) is 0 Å². The first-order valence-corrected chi connectivity index (χ1v) is 8.34. The number of nitrogens with zero attached hydrogens (tertiary/aromatic N) is 1. The first-order valence-electron chi connectivity index (χ1n) is 6.86. The van der Waals surface area contributed by atoms with Crippen LogP contribution in [-0.2, 0) is 0 Å². The maximum Gasteiger partial charge on any atom is 0.258 e. The fraction of sp³-hybridized carbons (Fsp3) is 0. The largest absolute Gasteiger partial charge is 0.332 e. The molecule has 1 amide bonds. The topological polar surface area (TPSA) is 54.0 Å². The second-order valence-electron chi connectivity index (χ2n) is 4.76. The number of amides is 1. The second kappa shape index (κ2) is 7.01. The van der Waals surface area contributed by atoms with Gasteiger partial charge in [-0.05, 0) is 71.2 Å². The van der Waals surface area contributed by atoms with E-state index in [4.69, 9.17) is 12.2 Å². The number of hydrogen-bond donors (Lipinski definition) is 2. The Bertz CT molecular complexity index is 892. The van der Waals surface area contributed by atoms with Gasteiger partial charge in [-0.3, -0.25) is 15.1 Å². The molecule has 0 spiro atoms. The molecule has 3 rings (SSSR count). The highest BCUT2D eigenvalue weighted by Crippen LogP contribution is 2.21. The number of rotatable bonds is 2. The van der Waals surface area contributed by atoms with Crippen LogP contribution in [0.15, 0.2) is 60.8 Å². The smallest absolute Gasteiger partial charge is 0.258 e. The highest BCUT2D eigenvalue weighted by atomic mass is 127. The predicted octanol–water partition coefficient (Wildman–Crippen LogP) is 3.97. The Hall–Kier alpha value is -2.06. The standard InChI is InChI=1S/C17H12IN3OS/c18-13-7-2-1-5-11(13)16(22)21-17(23)20-15-9-3-8-14-12(15)6-4-10-19-14/h1-10H,(H2,20,21,22,23). The van der Waals surface area contributed by atoms with Crippen molar-refractivity contribution in [2.45, 2.75) is 0 Å². The van der Waals surface area contributed by atoms with E-state index in [2.05, 4.69) is 38.2 Å². The van der Waals surface area contributed by atoms with Crippen molar-refractivity contribution < 1.29 is 4.79 Å². The summed E-state index contributed by atoms with van der Waals surface area (Å²) in [6.45, 7) is 0. The number of pyridine rings is 1. The number of thiocarbonyl (C=S) groups is 1. The van der Waals surface area contributed by atoms with E-state index in [1.807, 2.05) is 48.5 Å². The van der Waals surface area contributed by atoms with Gasteiger partial charge in [0.05, 0.1) is 11.1 Å². The number of aromatic nitrogens is 1. The lowest BCUT2D eigenvalue weighted by Crippen LogP contribution is -2.34. The SMILES string of the molecule is O=C(NC(=S)Nc1cccc2ncccc12)c1ccccc1I. The molecule has 3 aromatic rings. The first kappa shape index (κ1) is 15.8. The molecule has 1 aromatic heterocycles. The average Bonchev–Trinajstić information content (AvgIpc) is 2.55. The zero-order valence-corrected chi connectivity index (χ0v) is 14.9. The summed E-state index contributed by atoms with van der Waals surface area (Å²) in [6, 6.07) is 16.9. The molecule has 23 heavy (non-hydrogen) atoms. The van der Waals surface area contributed by atoms with Crippen molar-refractivity contribution in [3.8, 4) is 0 Å². The Morgan fingerprint density at radius 3 is 2.70 bits per heavy atom. The Balaban J connectivity index is 1.77. The monoisotopic (exact) mass is 433 g/mol. The Labute approximate surface area is 152 Å². The van der Waals surface area contributed by atoms with Crippen LogP contribution >= 0.6 is 34.8 Å². The minimum absolute atomic E-state index is 0.231. The van der Waals surface area contributed by atoms with Crippen LogP contribution in [0.3, 0.4) is 0 Å². The third-order valence-corrected chi connectivity index (χ3v) is 4.38. The summed E-state index contributed by atoms with van der Waals surface area (Å²) >= 11 is 7.38. The van der Waals surface area contributed by atoms with Crippen LogP contribution in [0.5, 0.6) is 0 Å². The highest BCUT2D eigenvalue weighted by Gasteiger charge is 2.11. The summed E-state index contributed by atoms with van der Waals surface area (Å²) < 4.78 is 0.875. The molecule has 114 valence electrons. The van der Waals surface area contributed by atoms with Gasteiger partial charge in [-0.25, -0.2) is 0 Å².